The van der Waals surface area contributed by atoms with Crippen LogP contribution in [0.2, 0.25) is 0 Å². The number of nitrogens with zero attached hydrogens (tertiary/aromatic N) is 2. The first-order chi connectivity index (χ1) is 15.1. The van der Waals surface area contributed by atoms with Gasteiger partial charge in [-0.2, -0.15) is 0 Å². The fraction of sp³-hybridized carbons (Fsp3) is 0.143. The van der Waals surface area contributed by atoms with Crippen molar-refractivity contribution in [2.24, 2.45) is 0 Å². The van der Waals surface area contributed by atoms with Crippen LogP contribution >= 0.6 is 23.5 Å². The molecule has 1 aliphatic heterocycles. The summed E-state index contributed by atoms with van der Waals surface area (Å²) in [6, 6.07) is 12.2. The highest BCUT2D eigenvalue weighted by atomic mass is 32.2. The Kier molecular flexibility index (Phi) is 6.58. The molecule has 3 heterocycles. The van der Waals surface area contributed by atoms with Crippen molar-refractivity contribution in [2.45, 2.75) is 10.1 Å². The van der Waals surface area contributed by atoms with E-state index in [2.05, 4.69) is 20.6 Å². The van der Waals surface area contributed by atoms with Gasteiger partial charge in [0.2, 0.25) is 12.7 Å². The molecule has 8 nitrogen and oxygen atoms in total. The van der Waals surface area contributed by atoms with Crippen LogP contribution in [0.15, 0.2) is 64.9 Å². The van der Waals surface area contributed by atoms with E-state index in [1.54, 1.807) is 48.8 Å². The van der Waals surface area contributed by atoms with Gasteiger partial charge in [0.15, 0.2) is 11.5 Å². The zero-order valence-corrected chi connectivity index (χ0v) is 18.1. The van der Waals surface area contributed by atoms with Gasteiger partial charge in [0.05, 0.1) is 28.2 Å². The molecule has 3 aromatic rings. The number of thioether (sulfide) groups is 2. The molecular weight excluding hydrogens is 436 g/mol. The number of rotatable bonds is 7. The third-order valence-corrected chi connectivity index (χ3v) is 5.88. The molecule has 4 rings (SSSR count). The fourth-order valence-corrected chi connectivity index (χ4v) is 3.91. The Balaban J connectivity index is 1.37. The molecule has 0 radical (unpaired) electrons. The van der Waals surface area contributed by atoms with Gasteiger partial charge in [0.1, 0.15) is 5.03 Å². The lowest BCUT2D eigenvalue weighted by Crippen LogP contribution is -2.16. The number of hydrogen-bond donors (Lipinski definition) is 2. The Morgan fingerprint density at radius 1 is 1.03 bits per heavy atom. The van der Waals surface area contributed by atoms with E-state index in [4.69, 9.17) is 9.47 Å². The van der Waals surface area contributed by atoms with Crippen LogP contribution < -0.4 is 20.1 Å². The number of carbonyl (C=O) groups excluding carboxylic acids is 2. The van der Waals surface area contributed by atoms with Crippen LogP contribution in [0, 0.1) is 0 Å². The average Bonchev–Trinajstić information content (AvgIpc) is 3.26. The Labute approximate surface area is 187 Å². The van der Waals surface area contributed by atoms with E-state index in [1.165, 1.54) is 23.5 Å². The topological polar surface area (TPSA) is 102 Å². The average molecular weight is 455 g/mol. The molecule has 2 aromatic heterocycles. The Bertz CT molecular complexity index is 1110. The predicted octanol–water partition coefficient (Wildman–Crippen LogP) is 3.91. The van der Waals surface area contributed by atoms with Gasteiger partial charge in [-0.1, -0.05) is 11.8 Å². The number of nitrogens with one attached hydrogen (secondary N) is 2. The highest BCUT2D eigenvalue weighted by Gasteiger charge is 2.16. The first-order valence-corrected chi connectivity index (χ1v) is 11.4. The molecule has 10 heteroatoms. The van der Waals surface area contributed by atoms with Crippen LogP contribution in [0.5, 0.6) is 11.5 Å². The summed E-state index contributed by atoms with van der Waals surface area (Å²) < 4.78 is 10.6. The molecule has 31 heavy (non-hydrogen) atoms. The van der Waals surface area contributed by atoms with Crippen LogP contribution in [0.25, 0.3) is 0 Å². The largest absolute Gasteiger partial charge is 0.454 e. The molecule has 0 atom stereocenters. The summed E-state index contributed by atoms with van der Waals surface area (Å²) >= 11 is 2.71. The van der Waals surface area contributed by atoms with Gasteiger partial charge in [0, 0.05) is 18.0 Å². The minimum atomic E-state index is -0.314. The predicted molar refractivity (Wildman–Crippen MR) is 120 cm³/mol. The molecule has 1 aliphatic rings. The van der Waals surface area contributed by atoms with Crippen LogP contribution in [-0.2, 0) is 4.79 Å². The quantitative estimate of drug-likeness (QED) is 0.518. The molecule has 0 fully saturated rings. The number of pyridine rings is 2. The van der Waals surface area contributed by atoms with Gasteiger partial charge in [-0.15, -0.1) is 11.8 Å². The number of amides is 2. The van der Waals surface area contributed by atoms with Gasteiger partial charge in [-0.3, -0.25) is 9.59 Å². The molecular formula is C21H18N4O4S2. The lowest BCUT2D eigenvalue weighted by Gasteiger charge is -2.10. The van der Waals surface area contributed by atoms with E-state index in [1.807, 2.05) is 12.3 Å². The van der Waals surface area contributed by atoms with Crippen molar-refractivity contribution in [2.75, 3.05) is 29.4 Å². The summed E-state index contributed by atoms with van der Waals surface area (Å²) in [4.78, 5) is 33.6. The standard InChI is InChI=1S/C21H18N4O4S2/c1-30-19-7-5-14(10-23-19)25-20(27)15-3-2-8-22-21(15)31-11-18(26)24-13-4-6-16-17(9-13)29-12-28-16/h2-10H,11-12H2,1H3,(H,24,26)(H,25,27). The molecule has 2 N–H and O–H groups in total. The number of carbonyl (C=O) groups is 2. The van der Waals surface area contributed by atoms with Crippen LogP contribution in [0.1, 0.15) is 10.4 Å². The van der Waals surface area contributed by atoms with Crippen LogP contribution in [0.4, 0.5) is 11.4 Å². The van der Waals surface area contributed by atoms with E-state index < -0.39 is 0 Å². The number of fused-ring (bicyclic) bond motifs is 1. The van der Waals surface area contributed by atoms with Gasteiger partial charge >= 0.3 is 0 Å². The molecule has 0 aliphatic carbocycles. The van der Waals surface area contributed by atoms with Crippen molar-refractivity contribution in [3.63, 3.8) is 0 Å². The maximum Gasteiger partial charge on any atom is 0.258 e. The van der Waals surface area contributed by atoms with E-state index >= 15 is 0 Å². The molecule has 1 aromatic carbocycles. The molecule has 0 spiro atoms. The van der Waals surface area contributed by atoms with E-state index in [9.17, 15) is 9.59 Å². The second kappa shape index (κ2) is 9.71. The smallest absolute Gasteiger partial charge is 0.258 e. The Morgan fingerprint density at radius 3 is 2.68 bits per heavy atom. The summed E-state index contributed by atoms with van der Waals surface area (Å²) in [5.74, 6) is 0.794. The monoisotopic (exact) mass is 454 g/mol. The van der Waals surface area contributed by atoms with Gasteiger partial charge in [0.25, 0.3) is 5.91 Å². The Hall–Kier alpha value is -3.24. The summed E-state index contributed by atoms with van der Waals surface area (Å²) in [6.45, 7) is 0.172. The normalized spacial score (nSPS) is 11.8. The molecule has 0 saturated heterocycles. The van der Waals surface area contributed by atoms with Crippen molar-refractivity contribution >= 4 is 46.7 Å². The lowest BCUT2D eigenvalue weighted by atomic mass is 10.2. The number of hydrogen-bond acceptors (Lipinski definition) is 8. The minimum Gasteiger partial charge on any atom is -0.454 e. The van der Waals surface area contributed by atoms with E-state index in [0.29, 0.717) is 33.5 Å². The zero-order valence-electron chi connectivity index (χ0n) is 16.5. The molecule has 158 valence electrons. The van der Waals surface area contributed by atoms with Crippen LogP contribution in [0.3, 0.4) is 0 Å². The third kappa shape index (κ3) is 5.28. The van der Waals surface area contributed by atoms with Gasteiger partial charge in [-0.05, 0) is 42.7 Å². The SMILES string of the molecule is CSc1ccc(NC(=O)c2cccnc2SCC(=O)Nc2ccc3c(c2)OCO3)cn1. The second-order valence-corrected chi connectivity index (χ2v) is 8.09. The van der Waals surface area contributed by atoms with Crippen molar-refractivity contribution < 1.29 is 19.1 Å². The van der Waals surface area contributed by atoms with Crippen molar-refractivity contribution in [3.05, 3.63) is 60.4 Å². The number of ether oxygens (including phenoxy) is 2. The van der Waals surface area contributed by atoms with E-state index in [-0.39, 0.29) is 24.4 Å². The first-order valence-electron chi connectivity index (χ1n) is 9.21. The lowest BCUT2D eigenvalue weighted by molar-refractivity contribution is -0.113. The third-order valence-electron chi connectivity index (χ3n) is 4.22. The maximum atomic E-state index is 12.7. The minimum absolute atomic E-state index is 0.0930. The fourth-order valence-electron chi connectivity index (χ4n) is 2.76. The van der Waals surface area contributed by atoms with E-state index in [0.717, 1.165) is 5.03 Å². The maximum absolute atomic E-state index is 12.7. The number of anilines is 2. The molecule has 0 bridgehead atoms. The highest BCUT2D eigenvalue weighted by Crippen LogP contribution is 2.34. The van der Waals surface area contributed by atoms with Gasteiger partial charge < -0.3 is 20.1 Å². The highest BCUT2D eigenvalue weighted by molar-refractivity contribution is 8.00. The second-order valence-electron chi connectivity index (χ2n) is 6.30. The summed E-state index contributed by atoms with van der Waals surface area (Å²) in [5, 5.41) is 6.95. The zero-order chi connectivity index (χ0) is 21.6. The van der Waals surface area contributed by atoms with Crippen LogP contribution in [-0.4, -0.2) is 40.6 Å². The summed E-state index contributed by atoms with van der Waals surface area (Å²) in [6.07, 6.45) is 5.12. The molecule has 2 amide bonds. The van der Waals surface area contributed by atoms with Crippen molar-refractivity contribution in [1.29, 1.82) is 0 Å². The Morgan fingerprint density at radius 2 is 1.87 bits per heavy atom. The molecule has 0 unspecified atom stereocenters. The van der Waals surface area contributed by atoms with Crippen molar-refractivity contribution in [1.82, 2.24) is 9.97 Å². The summed E-state index contributed by atoms with van der Waals surface area (Å²) in [5.41, 5.74) is 1.58. The van der Waals surface area contributed by atoms with Crippen molar-refractivity contribution in [3.8, 4) is 11.5 Å². The summed E-state index contributed by atoms with van der Waals surface area (Å²) in [7, 11) is 0. The first kappa shape index (κ1) is 21.0. The number of aromatic nitrogens is 2. The number of benzene rings is 1. The van der Waals surface area contributed by atoms with Gasteiger partial charge in [-0.25, -0.2) is 9.97 Å². The molecule has 0 saturated carbocycles.